The van der Waals surface area contributed by atoms with E-state index < -0.39 is 0 Å². The maximum atomic E-state index is 13.6. The molecule has 3 nitrogen and oxygen atoms in total. The number of halogens is 3. The van der Waals surface area contributed by atoms with Crippen molar-refractivity contribution >= 4 is 28.9 Å². The standard InChI is InChI=1S/C15H14Cl2FNO2/c1-20-13-6-3-9(14(17)15(13)21-2)8-19-12-7-10(16)4-5-11(12)18/h3-7,19H,8H2,1-2H3. The molecular formula is C15H14Cl2FNO2. The van der Waals surface area contributed by atoms with Crippen LogP contribution in [0.15, 0.2) is 30.3 Å². The molecule has 0 unspecified atom stereocenters. The van der Waals surface area contributed by atoms with Crippen molar-refractivity contribution in [2.45, 2.75) is 6.54 Å². The molecule has 2 rings (SSSR count). The van der Waals surface area contributed by atoms with Crippen LogP contribution in [0.5, 0.6) is 11.5 Å². The van der Waals surface area contributed by atoms with Gasteiger partial charge in [0.25, 0.3) is 0 Å². The molecule has 0 atom stereocenters. The average Bonchev–Trinajstić information content (AvgIpc) is 2.48. The maximum Gasteiger partial charge on any atom is 0.179 e. The lowest BCUT2D eigenvalue weighted by atomic mass is 10.2. The van der Waals surface area contributed by atoms with Gasteiger partial charge in [-0.2, -0.15) is 0 Å². The Balaban J connectivity index is 2.22. The lowest BCUT2D eigenvalue weighted by molar-refractivity contribution is 0.355. The number of rotatable bonds is 5. The third kappa shape index (κ3) is 3.52. The van der Waals surface area contributed by atoms with Gasteiger partial charge in [0.1, 0.15) is 5.82 Å². The Kier molecular flexibility index (Phi) is 5.15. The van der Waals surface area contributed by atoms with Crippen LogP contribution >= 0.6 is 23.2 Å². The first-order valence-corrected chi connectivity index (χ1v) is 6.90. The fourth-order valence-electron chi connectivity index (χ4n) is 1.89. The summed E-state index contributed by atoms with van der Waals surface area (Å²) in [5, 5.41) is 3.84. The minimum Gasteiger partial charge on any atom is -0.493 e. The first-order chi connectivity index (χ1) is 10.1. The van der Waals surface area contributed by atoms with Crippen molar-refractivity contribution in [1.29, 1.82) is 0 Å². The lowest BCUT2D eigenvalue weighted by Crippen LogP contribution is -2.03. The van der Waals surface area contributed by atoms with Gasteiger partial charge in [-0.3, -0.25) is 0 Å². The van der Waals surface area contributed by atoms with Gasteiger partial charge >= 0.3 is 0 Å². The molecule has 0 saturated carbocycles. The van der Waals surface area contributed by atoms with E-state index in [-0.39, 0.29) is 5.82 Å². The van der Waals surface area contributed by atoms with Crippen molar-refractivity contribution in [2.24, 2.45) is 0 Å². The summed E-state index contributed by atoms with van der Waals surface area (Å²) in [5.41, 5.74) is 1.07. The summed E-state index contributed by atoms with van der Waals surface area (Å²) in [5.74, 6) is 0.612. The Morgan fingerprint density at radius 3 is 2.52 bits per heavy atom. The Morgan fingerprint density at radius 1 is 1.10 bits per heavy atom. The number of methoxy groups -OCH3 is 2. The maximum absolute atomic E-state index is 13.6. The average molecular weight is 330 g/mol. The largest absolute Gasteiger partial charge is 0.493 e. The zero-order valence-corrected chi connectivity index (χ0v) is 13.1. The molecule has 0 spiro atoms. The fourth-order valence-corrected chi connectivity index (χ4v) is 2.36. The van der Waals surface area contributed by atoms with Crippen molar-refractivity contribution in [1.82, 2.24) is 0 Å². The third-order valence-corrected chi connectivity index (χ3v) is 3.61. The van der Waals surface area contributed by atoms with Crippen LogP contribution in [0.25, 0.3) is 0 Å². The summed E-state index contributed by atoms with van der Waals surface area (Å²) < 4.78 is 24.0. The second-order valence-electron chi connectivity index (χ2n) is 4.25. The van der Waals surface area contributed by atoms with E-state index in [2.05, 4.69) is 5.32 Å². The molecule has 0 aromatic heterocycles. The zero-order valence-electron chi connectivity index (χ0n) is 11.5. The monoisotopic (exact) mass is 329 g/mol. The Morgan fingerprint density at radius 2 is 1.86 bits per heavy atom. The first kappa shape index (κ1) is 15.7. The molecule has 0 aliphatic carbocycles. The van der Waals surface area contributed by atoms with Crippen LogP contribution in [-0.4, -0.2) is 14.2 Å². The summed E-state index contributed by atoms with van der Waals surface area (Å²) in [4.78, 5) is 0. The van der Waals surface area contributed by atoms with Crippen LogP contribution in [-0.2, 0) is 6.54 Å². The number of ether oxygens (including phenoxy) is 2. The lowest BCUT2D eigenvalue weighted by Gasteiger charge is -2.14. The molecule has 112 valence electrons. The van der Waals surface area contributed by atoms with Crippen LogP contribution < -0.4 is 14.8 Å². The van der Waals surface area contributed by atoms with Gasteiger partial charge < -0.3 is 14.8 Å². The number of anilines is 1. The van der Waals surface area contributed by atoms with Crippen molar-refractivity contribution in [2.75, 3.05) is 19.5 Å². The number of hydrogen-bond donors (Lipinski definition) is 1. The van der Waals surface area contributed by atoms with E-state index in [0.717, 1.165) is 5.56 Å². The molecule has 1 N–H and O–H groups in total. The minimum absolute atomic E-state index is 0.313. The molecule has 0 bridgehead atoms. The van der Waals surface area contributed by atoms with E-state index >= 15 is 0 Å². The highest BCUT2D eigenvalue weighted by atomic mass is 35.5. The van der Waals surface area contributed by atoms with Crippen LogP contribution in [0.4, 0.5) is 10.1 Å². The highest BCUT2D eigenvalue weighted by molar-refractivity contribution is 6.33. The number of benzene rings is 2. The fraction of sp³-hybridized carbons (Fsp3) is 0.200. The Bertz CT molecular complexity index is 650. The minimum atomic E-state index is -0.379. The van der Waals surface area contributed by atoms with Gasteiger partial charge in [-0.1, -0.05) is 29.3 Å². The van der Waals surface area contributed by atoms with Crippen molar-refractivity contribution < 1.29 is 13.9 Å². The van der Waals surface area contributed by atoms with E-state index in [4.69, 9.17) is 32.7 Å². The van der Waals surface area contributed by atoms with Crippen molar-refractivity contribution in [3.05, 3.63) is 51.8 Å². The highest BCUT2D eigenvalue weighted by Crippen LogP contribution is 2.37. The summed E-state index contributed by atoms with van der Waals surface area (Å²) in [7, 11) is 3.05. The second-order valence-corrected chi connectivity index (χ2v) is 5.07. The van der Waals surface area contributed by atoms with Gasteiger partial charge in [0.05, 0.1) is 24.9 Å². The van der Waals surface area contributed by atoms with Gasteiger partial charge in [0, 0.05) is 11.6 Å². The predicted molar refractivity (Wildman–Crippen MR) is 83.3 cm³/mol. The van der Waals surface area contributed by atoms with Crippen LogP contribution in [0, 0.1) is 5.82 Å². The summed E-state index contributed by atoms with van der Waals surface area (Å²) in [6, 6.07) is 7.85. The normalized spacial score (nSPS) is 10.3. The van der Waals surface area contributed by atoms with Gasteiger partial charge in [-0.25, -0.2) is 4.39 Å². The SMILES string of the molecule is COc1ccc(CNc2cc(Cl)ccc2F)c(Cl)c1OC. The topological polar surface area (TPSA) is 30.5 Å². The third-order valence-electron chi connectivity index (χ3n) is 2.96. The number of hydrogen-bond acceptors (Lipinski definition) is 3. The van der Waals surface area contributed by atoms with Gasteiger partial charge in [-0.15, -0.1) is 0 Å². The molecule has 21 heavy (non-hydrogen) atoms. The molecule has 0 amide bonds. The van der Waals surface area contributed by atoms with Crippen LogP contribution in [0.1, 0.15) is 5.56 Å². The molecule has 0 radical (unpaired) electrons. The summed E-state index contributed by atoms with van der Waals surface area (Å²) >= 11 is 12.1. The van der Waals surface area contributed by atoms with E-state index in [1.165, 1.54) is 32.4 Å². The quantitative estimate of drug-likeness (QED) is 0.857. The van der Waals surface area contributed by atoms with E-state index in [0.29, 0.717) is 33.8 Å². The zero-order chi connectivity index (χ0) is 15.4. The molecule has 0 saturated heterocycles. The summed E-state index contributed by atoms with van der Waals surface area (Å²) in [6.45, 7) is 0.330. The molecular weight excluding hydrogens is 316 g/mol. The molecule has 0 aliphatic rings. The second kappa shape index (κ2) is 6.87. The van der Waals surface area contributed by atoms with E-state index in [9.17, 15) is 4.39 Å². The Hall–Kier alpha value is -1.65. The highest BCUT2D eigenvalue weighted by Gasteiger charge is 2.13. The van der Waals surface area contributed by atoms with Crippen molar-refractivity contribution in [3.63, 3.8) is 0 Å². The summed E-state index contributed by atoms with van der Waals surface area (Å²) in [6.07, 6.45) is 0. The van der Waals surface area contributed by atoms with Crippen molar-refractivity contribution in [3.8, 4) is 11.5 Å². The van der Waals surface area contributed by atoms with Gasteiger partial charge in [0.2, 0.25) is 0 Å². The first-order valence-electron chi connectivity index (χ1n) is 6.15. The molecule has 0 heterocycles. The van der Waals surface area contributed by atoms with Gasteiger partial charge in [-0.05, 0) is 29.8 Å². The predicted octanol–water partition coefficient (Wildman–Crippen LogP) is 4.76. The van der Waals surface area contributed by atoms with Crippen LogP contribution in [0.3, 0.4) is 0 Å². The Labute approximate surface area is 132 Å². The van der Waals surface area contributed by atoms with E-state index in [1.807, 2.05) is 0 Å². The molecule has 0 aliphatic heterocycles. The van der Waals surface area contributed by atoms with E-state index in [1.54, 1.807) is 12.1 Å². The van der Waals surface area contributed by atoms with Crippen LogP contribution in [0.2, 0.25) is 10.0 Å². The smallest absolute Gasteiger partial charge is 0.179 e. The molecule has 2 aromatic carbocycles. The molecule has 2 aromatic rings. The molecule has 6 heteroatoms. The number of nitrogens with one attached hydrogen (secondary N) is 1. The molecule has 0 fully saturated rings. The van der Waals surface area contributed by atoms with Gasteiger partial charge in [0.15, 0.2) is 11.5 Å².